The molecule has 3 rings (SSSR count). The second-order valence-corrected chi connectivity index (χ2v) is 6.18. The normalized spacial score (nSPS) is 28.9. The molecule has 2 unspecified atom stereocenters. The summed E-state index contributed by atoms with van der Waals surface area (Å²) in [5.41, 5.74) is -0.0749. The van der Waals surface area contributed by atoms with Gasteiger partial charge in [-0.25, -0.2) is 0 Å². The molecule has 1 heterocycles. The van der Waals surface area contributed by atoms with Crippen LogP contribution < -0.4 is 0 Å². The van der Waals surface area contributed by atoms with Gasteiger partial charge in [0, 0.05) is 4.90 Å². The molecular weight excluding hydrogens is 220 g/mol. The van der Waals surface area contributed by atoms with Crippen LogP contribution in [0.4, 0.5) is 0 Å². The highest BCUT2D eigenvalue weighted by atomic mass is 32.2. The highest BCUT2D eigenvalue weighted by Crippen LogP contribution is 2.50. The maximum absolute atomic E-state index is 12.3. The minimum atomic E-state index is -0.983. The van der Waals surface area contributed by atoms with E-state index in [9.17, 15) is 4.21 Å². The first-order chi connectivity index (χ1) is 7.82. The summed E-state index contributed by atoms with van der Waals surface area (Å²) >= 11 is 0. The van der Waals surface area contributed by atoms with E-state index >= 15 is 0 Å². The SMILES string of the molecule is O=S(c1ccccc1)C1OC12CCCCC2. The third kappa shape index (κ3) is 1.72. The van der Waals surface area contributed by atoms with Gasteiger partial charge in [0.1, 0.15) is 5.60 Å². The molecule has 3 heteroatoms. The van der Waals surface area contributed by atoms with E-state index < -0.39 is 10.8 Å². The van der Waals surface area contributed by atoms with Gasteiger partial charge in [0.2, 0.25) is 0 Å². The van der Waals surface area contributed by atoms with Gasteiger partial charge in [-0.1, -0.05) is 37.5 Å². The summed E-state index contributed by atoms with van der Waals surface area (Å²) in [6.07, 6.45) is 5.94. The Bertz CT molecular complexity index is 396. The number of benzene rings is 1. The Morgan fingerprint density at radius 3 is 2.50 bits per heavy atom. The lowest BCUT2D eigenvalue weighted by atomic mass is 9.90. The highest BCUT2D eigenvalue weighted by Gasteiger charge is 2.59. The maximum Gasteiger partial charge on any atom is 0.166 e. The van der Waals surface area contributed by atoms with Gasteiger partial charge in [-0.05, 0) is 25.0 Å². The first-order valence-corrected chi connectivity index (χ1v) is 7.17. The summed E-state index contributed by atoms with van der Waals surface area (Å²) in [6, 6.07) is 9.67. The van der Waals surface area contributed by atoms with Crippen LogP contribution in [0, 0.1) is 0 Å². The number of hydrogen-bond donors (Lipinski definition) is 0. The lowest BCUT2D eigenvalue weighted by molar-refractivity contribution is 0.236. The lowest BCUT2D eigenvalue weighted by Gasteiger charge is -2.17. The Labute approximate surface area is 98.5 Å². The molecule has 2 nitrogen and oxygen atoms in total. The van der Waals surface area contributed by atoms with Crippen LogP contribution in [0.25, 0.3) is 0 Å². The minimum absolute atomic E-state index is 0.0288. The largest absolute Gasteiger partial charge is 0.351 e. The molecule has 1 saturated heterocycles. The number of rotatable bonds is 2. The molecule has 1 aromatic rings. The van der Waals surface area contributed by atoms with Gasteiger partial charge in [-0.3, -0.25) is 4.21 Å². The fourth-order valence-electron chi connectivity index (χ4n) is 2.60. The van der Waals surface area contributed by atoms with Gasteiger partial charge >= 0.3 is 0 Å². The van der Waals surface area contributed by atoms with Gasteiger partial charge in [-0.15, -0.1) is 0 Å². The molecular formula is C13H16O2S. The van der Waals surface area contributed by atoms with E-state index in [0.29, 0.717) is 0 Å². The lowest BCUT2D eigenvalue weighted by Crippen LogP contribution is -2.21. The summed E-state index contributed by atoms with van der Waals surface area (Å²) in [5, 5.41) is 0. The van der Waals surface area contributed by atoms with Gasteiger partial charge < -0.3 is 4.74 Å². The van der Waals surface area contributed by atoms with Crippen molar-refractivity contribution in [2.45, 2.75) is 48.0 Å². The van der Waals surface area contributed by atoms with E-state index in [1.807, 2.05) is 30.3 Å². The molecule has 1 aliphatic heterocycles. The van der Waals surface area contributed by atoms with Gasteiger partial charge in [-0.2, -0.15) is 0 Å². The second-order valence-electron chi connectivity index (χ2n) is 4.69. The van der Waals surface area contributed by atoms with Gasteiger partial charge in [0.25, 0.3) is 0 Å². The molecule has 1 saturated carbocycles. The fourth-order valence-corrected chi connectivity index (χ4v) is 4.18. The van der Waals surface area contributed by atoms with Crippen LogP contribution >= 0.6 is 0 Å². The van der Waals surface area contributed by atoms with Crippen LogP contribution in [0.15, 0.2) is 35.2 Å². The van der Waals surface area contributed by atoms with Gasteiger partial charge in [0.15, 0.2) is 5.44 Å². The number of hydrogen-bond acceptors (Lipinski definition) is 2. The molecule has 0 bridgehead atoms. The Hall–Kier alpha value is -0.670. The molecule has 16 heavy (non-hydrogen) atoms. The van der Waals surface area contributed by atoms with E-state index in [1.54, 1.807) is 0 Å². The third-order valence-electron chi connectivity index (χ3n) is 3.58. The smallest absolute Gasteiger partial charge is 0.166 e. The average molecular weight is 236 g/mol. The zero-order valence-electron chi connectivity index (χ0n) is 9.22. The predicted molar refractivity (Wildman–Crippen MR) is 63.5 cm³/mol. The van der Waals surface area contributed by atoms with Crippen LogP contribution in [-0.2, 0) is 15.5 Å². The molecule has 0 radical (unpaired) electrons. The molecule has 0 aromatic heterocycles. The molecule has 0 N–H and O–H groups in total. The van der Waals surface area contributed by atoms with Crippen molar-refractivity contribution < 1.29 is 8.95 Å². The Kier molecular flexibility index (Phi) is 2.60. The molecule has 1 spiro atoms. The molecule has 0 amide bonds. The quantitative estimate of drug-likeness (QED) is 0.739. The minimum Gasteiger partial charge on any atom is -0.351 e. The van der Waals surface area contributed by atoms with Crippen LogP contribution in [0.1, 0.15) is 32.1 Å². The van der Waals surface area contributed by atoms with Crippen molar-refractivity contribution in [1.82, 2.24) is 0 Å². The van der Waals surface area contributed by atoms with Crippen LogP contribution in [0.5, 0.6) is 0 Å². The van der Waals surface area contributed by atoms with E-state index in [-0.39, 0.29) is 11.0 Å². The van der Waals surface area contributed by atoms with Crippen LogP contribution in [0.2, 0.25) is 0 Å². The second kappa shape index (κ2) is 3.97. The van der Waals surface area contributed by atoms with Crippen molar-refractivity contribution in [3.63, 3.8) is 0 Å². The van der Waals surface area contributed by atoms with Crippen molar-refractivity contribution >= 4 is 10.8 Å². The summed E-state index contributed by atoms with van der Waals surface area (Å²) in [7, 11) is -0.983. The van der Waals surface area contributed by atoms with E-state index in [2.05, 4.69) is 0 Å². The summed E-state index contributed by atoms with van der Waals surface area (Å²) in [5.74, 6) is 0. The van der Waals surface area contributed by atoms with Crippen LogP contribution in [-0.4, -0.2) is 15.2 Å². The zero-order valence-corrected chi connectivity index (χ0v) is 10.0. The molecule has 1 aliphatic carbocycles. The van der Waals surface area contributed by atoms with Gasteiger partial charge in [0.05, 0.1) is 10.8 Å². The summed E-state index contributed by atoms with van der Waals surface area (Å²) in [6.45, 7) is 0. The van der Waals surface area contributed by atoms with Crippen molar-refractivity contribution in [3.8, 4) is 0 Å². The van der Waals surface area contributed by atoms with E-state index in [1.165, 1.54) is 19.3 Å². The average Bonchev–Trinajstić information content (AvgIpc) is 3.04. The predicted octanol–water partition coefficient (Wildman–Crippen LogP) is 2.85. The highest BCUT2D eigenvalue weighted by molar-refractivity contribution is 7.85. The Balaban J connectivity index is 1.74. The molecule has 86 valence electrons. The van der Waals surface area contributed by atoms with Crippen molar-refractivity contribution in [3.05, 3.63) is 30.3 Å². The van der Waals surface area contributed by atoms with Crippen molar-refractivity contribution in [2.24, 2.45) is 0 Å². The van der Waals surface area contributed by atoms with E-state index in [0.717, 1.165) is 17.7 Å². The number of ether oxygens (including phenoxy) is 1. The molecule has 1 aromatic carbocycles. The Morgan fingerprint density at radius 2 is 1.81 bits per heavy atom. The summed E-state index contributed by atoms with van der Waals surface area (Å²) < 4.78 is 18.0. The van der Waals surface area contributed by atoms with Crippen molar-refractivity contribution in [2.75, 3.05) is 0 Å². The fraction of sp³-hybridized carbons (Fsp3) is 0.538. The first kappa shape index (κ1) is 10.5. The van der Waals surface area contributed by atoms with Crippen LogP contribution in [0.3, 0.4) is 0 Å². The molecule has 2 fully saturated rings. The standard InChI is InChI=1S/C13H16O2S/c14-16(11-7-3-1-4-8-11)12-13(15-12)9-5-2-6-10-13/h1,3-4,7-8,12H,2,5-6,9-10H2. The number of epoxide rings is 1. The monoisotopic (exact) mass is 236 g/mol. The summed E-state index contributed by atoms with van der Waals surface area (Å²) in [4.78, 5) is 0.898. The molecule has 2 aliphatic rings. The first-order valence-electron chi connectivity index (χ1n) is 5.95. The maximum atomic E-state index is 12.3. The third-order valence-corrected chi connectivity index (χ3v) is 5.24. The Morgan fingerprint density at radius 1 is 1.12 bits per heavy atom. The zero-order chi connectivity index (χ0) is 11.0. The van der Waals surface area contributed by atoms with Crippen molar-refractivity contribution in [1.29, 1.82) is 0 Å². The molecule has 2 atom stereocenters. The topological polar surface area (TPSA) is 29.6 Å². The van der Waals surface area contributed by atoms with E-state index in [4.69, 9.17) is 4.74 Å².